The van der Waals surface area contributed by atoms with Crippen molar-refractivity contribution in [3.05, 3.63) is 29.8 Å². The predicted molar refractivity (Wildman–Crippen MR) is 85.0 cm³/mol. The highest BCUT2D eigenvalue weighted by Crippen LogP contribution is 2.21. The minimum absolute atomic E-state index is 0.340. The van der Waals surface area contributed by atoms with E-state index in [1.807, 2.05) is 18.2 Å². The van der Waals surface area contributed by atoms with Crippen LogP contribution in [0.1, 0.15) is 32.8 Å². The standard InChI is InChI=1S/C15H21IO3/c1-4-18-14(17)15(2,3)19-13-9-5-7-12(11-13)8-6-10-16/h5,7,9,11H,4,6,8,10H2,1-3H3. The Morgan fingerprint density at radius 3 is 2.74 bits per heavy atom. The number of hydrogen-bond acceptors (Lipinski definition) is 3. The van der Waals surface area contributed by atoms with Gasteiger partial charge in [-0.25, -0.2) is 4.79 Å². The van der Waals surface area contributed by atoms with Gasteiger partial charge in [-0.05, 0) is 55.7 Å². The molecule has 0 saturated carbocycles. The molecular formula is C15H21IO3. The van der Waals surface area contributed by atoms with Gasteiger partial charge < -0.3 is 9.47 Å². The second-order valence-electron chi connectivity index (χ2n) is 4.77. The third kappa shape index (κ3) is 5.38. The van der Waals surface area contributed by atoms with Crippen LogP contribution in [0.5, 0.6) is 5.75 Å². The van der Waals surface area contributed by atoms with Crippen LogP contribution in [0, 0.1) is 0 Å². The van der Waals surface area contributed by atoms with E-state index in [0.717, 1.165) is 17.3 Å². The third-order valence-corrected chi connectivity index (χ3v) is 3.40. The van der Waals surface area contributed by atoms with Gasteiger partial charge in [0.1, 0.15) is 5.75 Å². The summed E-state index contributed by atoms with van der Waals surface area (Å²) in [6.45, 7) is 5.60. The minimum Gasteiger partial charge on any atom is -0.476 e. The molecule has 19 heavy (non-hydrogen) atoms. The van der Waals surface area contributed by atoms with Crippen LogP contribution >= 0.6 is 22.6 Å². The van der Waals surface area contributed by atoms with Gasteiger partial charge in [-0.2, -0.15) is 0 Å². The monoisotopic (exact) mass is 376 g/mol. The van der Waals surface area contributed by atoms with E-state index >= 15 is 0 Å². The molecule has 106 valence electrons. The Labute approximate surface area is 128 Å². The SMILES string of the molecule is CCOC(=O)C(C)(C)Oc1cccc(CCCI)c1. The summed E-state index contributed by atoms with van der Waals surface area (Å²) in [4.78, 5) is 11.8. The van der Waals surface area contributed by atoms with Crippen molar-refractivity contribution in [3.8, 4) is 5.75 Å². The number of alkyl halides is 1. The highest BCUT2D eigenvalue weighted by atomic mass is 127. The molecule has 0 aliphatic heterocycles. The maximum Gasteiger partial charge on any atom is 0.349 e. The van der Waals surface area contributed by atoms with Crippen molar-refractivity contribution in [2.75, 3.05) is 11.0 Å². The normalized spacial score (nSPS) is 11.2. The van der Waals surface area contributed by atoms with Gasteiger partial charge in [-0.15, -0.1) is 0 Å². The van der Waals surface area contributed by atoms with E-state index in [9.17, 15) is 4.79 Å². The molecule has 0 aliphatic carbocycles. The summed E-state index contributed by atoms with van der Waals surface area (Å²) in [5, 5.41) is 0. The first-order valence-electron chi connectivity index (χ1n) is 6.50. The fourth-order valence-electron chi connectivity index (χ4n) is 1.68. The highest BCUT2D eigenvalue weighted by molar-refractivity contribution is 14.1. The first kappa shape index (κ1) is 16.3. The number of esters is 1. The van der Waals surface area contributed by atoms with Gasteiger partial charge in [0.15, 0.2) is 5.60 Å². The Hall–Kier alpha value is -0.780. The van der Waals surface area contributed by atoms with Crippen LogP contribution in [0.25, 0.3) is 0 Å². The van der Waals surface area contributed by atoms with E-state index in [1.54, 1.807) is 20.8 Å². The van der Waals surface area contributed by atoms with Crippen molar-refractivity contribution < 1.29 is 14.3 Å². The molecule has 1 aromatic carbocycles. The summed E-state index contributed by atoms with van der Waals surface area (Å²) < 4.78 is 11.9. The van der Waals surface area contributed by atoms with E-state index < -0.39 is 5.60 Å². The number of benzene rings is 1. The van der Waals surface area contributed by atoms with Gasteiger partial charge >= 0.3 is 5.97 Å². The molecule has 0 bridgehead atoms. The minimum atomic E-state index is -0.960. The quantitative estimate of drug-likeness (QED) is 0.413. The van der Waals surface area contributed by atoms with Crippen LogP contribution in [0.15, 0.2) is 24.3 Å². The van der Waals surface area contributed by atoms with Crippen molar-refractivity contribution in [2.45, 2.75) is 39.2 Å². The smallest absolute Gasteiger partial charge is 0.349 e. The lowest BCUT2D eigenvalue weighted by Crippen LogP contribution is -2.39. The van der Waals surface area contributed by atoms with E-state index in [-0.39, 0.29) is 5.97 Å². The molecule has 0 fully saturated rings. The fraction of sp³-hybridized carbons (Fsp3) is 0.533. The molecule has 0 aromatic heterocycles. The van der Waals surface area contributed by atoms with Gasteiger partial charge in [0.2, 0.25) is 0 Å². The van der Waals surface area contributed by atoms with Crippen molar-refractivity contribution in [1.29, 1.82) is 0 Å². The average molecular weight is 376 g/mol. The maximum atomic E-state index is 11.8. The van der Waals surface area contributed by atoms with Gasteiger partial charge in [0, 0.05) is 0 Å². The van der Waals surface area contributed by atoms with Gasteiger partial charge in [-0.3, -0.25) is 0 Å². The van der Waals surface area contributed by atoms with Crippen LogP contribution in [0.3, 0.4) is 0 Å². The first-order chi connectivity index (χ1) is 8.99. The lowest BCUT2D eigenvalue weighted by Gasteiger charge is -2.24. The summed E-state index contributed by atoms with van der Waals surface area (Å²) in [6.07, 6.45) is 2.17. The lowest BCUT2D eigenvalue weighted by atomic mass is 10.1. The van der Waals surface area contributed by atoms with Crippen LogP contribution in [0.2, 0.25) is 0 Å². The zero-order valence-electron chi connectivity index (χ0n) is 11.7. The molecule has 0 aliphatic rings. The summed E-state index contributed by atoms with van der Waals surface area (Å²) in [6, 6.07) is 7.90. The molecule has 0 N–H and O–H groups in total. The van der Waals surface area contributed by atoms with Crippen molar-refractivity contribution in [3.63, 3.8) is 0 Å². The Kier molecular flexibility index (Phi) is 6.62. The molecule has 0 spiro atoms. The number of rotatable bonds is 7. The van der Waals surface area contributed by atoms with Gasteiger partial charge in [0.05, 0.1) is 6.61 Å². The van der Waals surface area contributed by atoms with Crippen LogP contribution in [-0.2, 0) is 16.0 Å². The van der Waals surface area contributed by atoms with Crippen molar-refractivity contribution in [2.24, 2.45) is 0 Å². The molecule has 3 nitrogen and oxygen atoms in total. The third-order valence-electron chi connectivity index (χ3n) is 2.64. The zero-order valence-corrected chi connectivity index (χ0v) is 13.9. The molecule has 0 atom stereocenters. The molecule has 1 rings (SSSR count). The second kappa shape index (κ2) is 7.72. The van der Waals surface area contributed by atoms with E-state index in [1.165, 1.54) is 5.56 Å². The van der Waals surface area contributed by atoms with Crippen LogP contribution < -0.4 is 4.74 Å². The molecule has 0 unspecified atom stereocenters. The Morgan fingerprint density at radius 2 is 2.11 bits per heavy atom. The fourth-order valence-corrected chi connectivity index (χ4v) is 2.06. The lowest BCUT2D eigenvalue weighted by molar-refractivity contribution is -0.158. The molecule has 0 radical (unpaired) electrons. The number of aryl methyl sites for hydroxylation is 1. The van der Waals surface area contributed by atoms with Crippen molar-refractivity contribution in [1.82, 2.24) is 0 Å². The van der Waals surface area contributed by atoms with Gasteiger partial charge in [0.25, 0.3) is 0 Å². The number of carbonyl (C=O) groups is 1. The van der Waals surface area contributed by atoms with Gasteiger partial charge in [-0.1, -0.05) is 34.7 Å². The molecule has 1 aromatic rings. The molecule has 4 heteroatoms. The average Bonchev–Trinajstić information content (AvgIpc) is 2.36. The number of carbonyl (C=O) groups excluding carboxylic acids is 1. The largest absolute Gasteiger partial charge is 0.476 e. The first-order valence-corrected chi connectivity index (χ1v) is 8.03. The summed E-state index contributed by atoms with van der Waals surface area (Å²) in [5.41, 5.74) is 0.270. The van der Waals surface area contributed by atoms with Crippen molar-refractivity contribution >= 4 is 28.6 Å². The summed E-state index contributed by atoms with van der Waals surface area (Å²) in [7, 11) is 0. The van der Waals surface area contributed by atoms with E-state index in [2.05, 4.69) is 28.7 Å². The predicted octanol–water partition coefficient (Wildman–Crippen LogP) is 3.77. The topological polar surface area (TPSA) is 35.5 Å². The highest BCUT2D eigenvalue weighted by Gasteiger charge is 2.31. The number of halogens is 1. The maximum absolute atomic E-state index is 11.8. The summed E-state index contributed by atoms with van der Waals surface area (Å²) >= 11 is 2.37. The number of hydrogen-bond donors (Lipinski definition) is 0. The Bertz CT molecular complexity index is 416. The molecular weight excluding hydrogens is 355 g/mol. The Morgan fingerprint density at radius 1 is 1.37 bits per heavy atom. The van der Waals surface area contributed by atoms with Crippen LogP contribution in [0.4, 0.5) is 0 Å². The Balaban J connectivity index is 2.72. The molecule has 0 heterocycles. The van der Waals surface area contributed by atoms with Crippen LogP contribution in [-0.4, -0.2) is 22.6 Å². The summed E-state index contributed by atoms with van der Waals surface area (Å²) in [5.74, 6) is 0.372. The van der Waals surface area contributed by atoms with E-state index in [0.29, 0.717) is 12.4 Å². The second-order valence-corrected chi connectivity index (χ2v) is 5.85. The van der Waals surface area contributed by atoms with E-state index in [4.69, 9.17) is 9.47 Å². The molecule has 0 saturated heterocycles. The molecule has 0 amide bonds. The number of ether oxygens (including phenoxy) is 2. The zero-order chi connectivity index (χ0) is 14.3.